The smallest absolute Gasteiger partial charge is 0.245 e. The minimum atomic E-state index is -2.82. The molecule has 106 heavy (non-hydrogen) atoms. The maximum absolute atomic E-state index is 15.4. The molecule has 3 aromatic carbocycles. The van der Waals surface area contributed by atoms with Gasteiger partial charge >= 0.3 is 0 Å². The average Bonchev–Trinajstić information content (AvgIpc) is 0.937. The number of halogens is 1. The summed E-state index contributed by atoms with van der Waals surface area (Å²) in [6, 6.07) is 7.17. The molecule has 4 aliphatic rings. The predicted octanol–water partition coefficient (Wildman–Crippen LogP) is -7.41. The highest BCUT2D eigenvalue weighted by Gasteiger charge is 2.55. The van der Waals surface area contributed by atoms with E-state index in [9.17, 15) is 85.9 Å². The molecule has 0 unspecified atom stereocenters. The molecule has 4 fully saturated rings. The van der Waals surface area contributed by atoms with E-state index in [4.69, 9.17) is 29.4 Å². The molecule has 1 aromatic heterocycles. The average molecular weight is 1650 g/mol. The second kappa shape index (κ2) is 40.0. The molecule has 8 rings (SSSR count). The first kappa shape index (κ1) is 85.5. The SMILES string of the molecule is C[C@@H](O)[C@H](CO)NC(=O)[C@@H]1CSSC[C@H](NC(=O)[C@@H](Cc2ccccc2)NC[C@@]2(O)OC[C@@H](O)[C@@H](O[C@H]3O[C@H](CO)[C@@H](O[C@H]4O[C@H](CO)[C@@H](O)[C@H](O)[C@H]4O)[C@H](O)[C@H]3O)[C@@H]2O)C(=O)N[C@@H](Cc2ccc(O)c(I)c2)C(=O)N[C@H](Cc2c[nH]c3ccccc23)C(=O)N[C@@H](CCCCN)C(=O)N[C@@H]([C@@H](C)O)C(=O)N1. The van der Waals surface area contributed by atoms with Crippen molar-refractivity contribution in [3.05, 3.63) is 99.3 Å². The summed E-state index contributed by atoms with van der Waals surface area (Å²) in [6.45, 7) is -1.65. The van der Waals surface area contributed by atoms with Crippen molar-refractivity contribution in [3.8, 4) is 5.75 Å². The maximum atomic E-state index is 15.4. The van der Waals surface area contributed by atoms with Crippen molar-refractivity contribution < 1.29 is 129 Å². The number of aromatic hydroxyl groups is 1. The Balaban J connectivity index is 1.12. The van der Waals surface area contributed by atoms with Gasteiger partial charge in [-0.1, -0.05) is 76.2 Å². The minimum Gasteiger partial charge on any atom is -0.507 e. The van der Waals surface area contributed by atoms with Crippen LogP contribution in [-0.2, 0) is 76.5 Å². The van der Waals surface area contributed by atoms with Gasteiger partial charge in [-0.15, -0.1) is 0 Å². The van der Waals surface area contributed by atoms with Gasteiger partial charge in [0.05, 0.1) is 60.8 Å². The number of ether oxygens (including phenoxy) is 5. The van der Waals surface area contributed by atoms with Gasteiger partial charge in [-0.2, -0.15) is 0 Å². The summed E-state index contributed by atoms with van der Waals surface area (Å²) in [5.74, 6) is -10.7. The summed E-state index contributed by atoms with van der Waals surface area (Å²) in [6.07, 6.45) is -26.5. The Morgan fingerprint density at radius 2 is 1.33 bits per heavy atom. The molecule has 4 saturated heterocycles. The first-order valence-corrected chi connectivity index (χ1v) is 37.9. The number of para-hydroxylation sites is 1. The van der Waals surface area contributed by atoms with Gasteiger partial charge in [-0.25, -0.2) is 0 Å². The number of carbonyl (C=O) groups is 7. The number of aliphatic hydroxyl groups excluding tert-OH is 12. The molecule has 0 saturated carbocycles. The standard InChI is InChI=1S/C67H95IN10O26S2/c1-30(82)42(23-79)75-63(97)44-28-106-105-27-43(76-59(93)39(19-32-10-4-3-5-11-32)71-29-67(99)57(91)55(46(85)26-100-67)103-66-54(90)52(88)56(48(25-81)102-66)104-65-53(89)51(87)50(86)47(24-80)101-65)62(96)73-40(20-33-15-16-45(84)36(68)18-33)60(94)74-41(21-34-22-70-37-13-7-6-12-35(34)37)61(95)72-38(14-8-9-17-69)58(92)78-49(31(2)83)64(98)77-44/h3-7,10-13,15-16,18,22,30-31,38-44,46-57,65-66,70-71,79-91,99H,8-9,14,17,19-21,23-29,69H2,1-2H3,(H,72,95)(H,73,96)(H,74,94)(H,75,97)(H,76,93)(H,77,98)(H,78,92)/t30-,31-,38+,39-,40+,41-,42+,43+,44+,46-,47-,48-,49+,50-,51+,52-,53-,54-,55-,56-,57+,65-,66-,67-/m1/s1. The van der Waals surface area contributed by atoms with E-state index in [1.165, 1.54) is 32.0 Å². The van der Waals surface area contributed by atoms with E-state index >= 15 is 19.2 Å². The molecule has 24 atom stereocenters. The van der Waals surface area contributed by atoms with Crippen LogP contribution in [0.5, 0.6) is 5.75 Å². The fourth-order valence-electron chi connectivity index (χ4n) is 12.2. The lowest BCUT2D eigenvalue weighted by molar-refractivity contribution is -0.383. The van der Waals surface area contributed by atoms with E-state index in [2.05, 4.69) is 47.5 Å². The molecule has 36 nitrogen and oxygen atoms in total. The predicted molar refractivity (Wildman–Crippen MR) is 384 cm³/mol. The van der Waals surface area contributed by atoms with Gasteiger partial charge < -0.3 is 148 Å². The zero-order chi connectivity index (χ0) is 77.3. The third-order valence-corrected chi connectivity index (χ3v) is 21.8. The number of fused-ring (bicyclic) bond motifs is 1. The molecule has 0 aliphatic carbocycles. The van der Waals surface area contributed by atoms with E-state index in [0.29, 0.717) is 37.6 Å². The molecule has 0 spiro atoms. The molecule has 25 N–H and O–H groups in total. The maximum Gasteiger partial charge on any atom is 0.245 e. The summed E-state index contributed by atoms with van der Waals surface area (Å²) in [7, 11) is 1.72. The summed E-state index contributed by atoms with van der Waals surface area (Å²) in [5, 5.41) is 174. The largest absolute Gasteiger partial charge is 0.507 e. The first-order valence-electron chi connectivity index (χ1n) is 34.3. The monoisotopic (exact) mass is 1650 g/mol. The van der Waals surface area contributed by atoms with Gasteiger partial charge in [0.2, 0.25) is 47.1 Å². The highest BCUT2D eigenvalue weighted by molar-refractivity contribution is 14.1. The Bertz CT molecular complexity index is 3560. The van der Waals surface area contributed by atoms with Crippen molar-refractivity contribution in [2.75, 3.05) is 51.0 Å². The summed E-state index contributed by atoms with van der Waals surface area (Å²) >= 11 is 1.86. The Kier molecular flexibility index (Phi) is 32.3. The third kappa shape index (κ3) is 22.3. The first-order chi connectivity index (χ1) is 50.5. The molecule has 588 valence electrons. The van der Waals surface area contributed by atoms with Crippen LogP contribution in [0.25, 0.3) is 10.9 Å². The van der Waals surface area contributed by atoms with Crippen molar-refractivity contribution >= 4 is 96.4 Å². The molecule has 4 aromatic rings. The number of aliphatic hydroxyl groups is 13. The quantitative estimate of drug-likeness (QED) is 0.0158. The van der Waals surface area contributed by atoms with Crippen molar-refractivity contribution in [3.63, 3.8) is 0 Å². The second-order valence-electron chi connectivity index (χ2n) is 26.4. The number of benzene rings is 3. The number of H-pyrrole nitrogens is 1. The molecule has 7 amide bonds. The number of rotatable bonds is 26. The van der Waals surface area contributed by atoms with Gasteiger partial charge in [-0.3, -0.25) is 33.6 Å². The summed E-state index contributed by atoms with van der Waals surface area (Å²) < 4.78 is 28.5. The number of aromatic nitrogens is 1. The van der Waals surface area contributed by atoms with Gasteiger partial charge in [0.25, 0.3) is 0 Å². The van der Waals surface area contributed by atoms with Crippen molar-refractivity contribution in [2.45, 2.75) is 198 Å². The van der Waals surface area contributed by atoms with Crippen LogP contribution in [0.3, 0.4) is 0 Å². The van der Waals surface area contributed by atoms with Crippen molar-refractivity contribution in [2.24, 2.45) is 5.73 Å². The molecule has 0 radical (unpaired) electrons. The highest BCUT2D eigenvalue weighted by atomic mass is 127. The number of hydrogen-bond donors (Lipinski definition) is 24. The zero-order valence-electron chi connectivity index (χ0n) is 57.6. The lowest BCUT2D eigenvalue weighted by Crippen LogP contribution is -2.69. The number of unbranched alkanes of at least 4 members (excludes halogenated alkanes) is 1. The number of phenols is 1. The van der Waals surface area contributed by atoms with Crippen LogP contribution in [0.1, 0.15) is 49.8 Å². The highest BCUT2D eigenvalue weighted by Crippen LogP contribution is 2.34. The van der Waals surface area contributed by atoms with Crippen LogP contribution in [0.4, 0.5) is 0 Å². The van der Waals surface area contributed by atoms with Crippen molar-refractivity contribution in [1.29, 1.82) is 0 Å². The van der Waals surface area contributed by atoms with Crippen molar-refractivity contribution in [1.82, 2.24) is 47.5 Å². The number of nitrogens with one attached hydrogen (secondary N) is 9. The minimum absolute atomic E-state index is 0.0791. The summed E-state index contributed by atoms with van der Waals surface area (Å²) in [4.78, 5) is 107. The normalized spacial score (nSPS) is 32.4. The Labute approximate surface area is 629 Å². The van der Waals surface area contributed by atoms with Gasteiger partial charge in [-0.05, 0) is 104 Å². The number of hydrogen-bond acceptors (Lipinski definition) is 30. The lowest BCUT2D eigenvalue weighted by Gasteiger charge is -2.48. The number of nitrogens with two attached hydrogens (primary N) is 1. The third-order valence-electron chi connectivity index (χ3n) is 18.5. The van der Waals surface area contributed by atoms with Crippen LogP contribution < -0.4 is 48.3 Å². The molecule has 4 aliphatic heterocycles. The fourth-order valence-corrected chi connectivity index (χ4v) is 15.1. The Hall–Kier alpha value is -6.08. The molecule has 39 heteroatoms. The molecule has 0 bridgehead atoms. The van der Waals surface area contributed by atoms with E-state index in [-0.39, 0.29) is 44.4 Å². The van der Waals surface area contributed by atoms with Crippen LogP contribution in [0.15, 0.2) is 79.0 Å². The van der Waals surface area contributed by atoms with E-state index in [1.54, 1.807) is 60.8 Å². The summed E-state index contributed by atoms with van der Waals surface area (Å²) in [5.41, 5.74) is 7.90. The lowest BCUT2D eigenvalue weighted by atomic mass is 9.94. The second-order valence-corrected chi connectivity index (χ2v) is 30.1. The van der Waals surface area contributed by atoms with Crippen LogP contribution >= 0.6 is 44.2 Å². The van der Waals surface area contributed by atoms with Gasteiger partial charge in [0.1, 0.15) is 109 Å². The van der Waals surface area contributed by atoms with E-state index < -0.39 is 232 Å². The fraction of sp³-hybridized carbons (Fsp3) is 0.597. The number of aromatic amines is 1. The molecule has 5 heterocycles. The Morgan fingerprint density at radius 3 is 1.99 bits per heavy atom. The van der Waals surface area contributed by atoms with Crippen LogP contribution in [0, 0.1) is 3.57 Å². The van der Waals surface area contributed by atoms with Crippen LogP contribution in [0.2, 0.25) is 0 Å². The molecular formula is C67H95IN10O26S2. The van der Waals surface area contributed by atoms with E-state index in [1.807, 2.05) is 22.6 Å². The van der Waals surface area contributed by atoms with Gasteiger partial charge in [0.15, 0.2) is 12.6 Å². The topological polar surface area (TPSA) is 587 Å². The van der Waals surface area contributed by atoms with Crippen LogP contribution in [-0.4, -0.2) is 315 Å². The Morgan fingerprint density at radius 1 is 0.708 bits per heavy atom. The number of amides is 7. The van der Waals surface area contributed by atoms with E-state index in [0.717, 1.165) is 21.6 Å². The zero-order valence-corrected chi connectivity index (χ0v) is 61.4. The number of phenolic OH excluding ortho intramolecular Hbond substituents is 1. The number of carbonyl (C=O) groups excluding carboxylic acids is 7. The molecular weight excluding hydrogens is 1550 g/mol. The van der Waals surface area contributed by atoms with Gasteiger partial charge in [0, 0.05) is 41.4 Å².